The van der Waals surface area contributed by atoms with Crippen molar-refractivity contribution in [2.45, 2.75) is 71.4 Å². The van der Waals surface area contributed by atoms with Gasteiger partial charge in [-0.3, -0.25) is 0 Å². The van der Waals surface area contributed by atoms with E-state index >= 15 is 0 Å². The third kappa shape index (κ3) is 6.01. The molecule has 5 heteroatoms. The zero-order valence-electron chi connectivity index (χ0n) is 13.0. The summed E-state index contributed by atoms with van der Waals surface area (Å²) < 4.78 is 7.08. The van der Waals surface area contributed by atoms with E-state index in [4.69, 9.17) is 4.74 Å². The summed E-state index contributed by atoms with van der Waals surface area (Å²) in [6.45, 7) is 3.51. The van der Waals surface area contributed by atoms with Crippen LogP contribution < -0.4 is 0 Å². The molecule has 0 saturated carbocycles. The van der Waals surface area contributed by atoms with Crippen LogP contribution in [-0.2, 0) is 24.3 Å². The van der Waals surface area contributed by atoms with Crippen LogP contribution in [0.2, 0.25) is 0 Å². The summed E-state index contributed by atoms with van der Waals surface area (Å²) in [7, 11) is 1.68. The minimum Gasteiger partial charge on any atom is -0.388 e. The van der Waals surface area contributed by atoms with E-state index in [1.54, 1.807) is 7.11 Å². The molecule has 0 aliphatic carbocycles. The van der Waals surface area contributed by atoms with Gasteiger partial charge in [-0.2, -0.15) is 0 Å². The maximum Gasteiger partial charge on any atom is 0.158 e. The quantitative estimate of drug-likeness (QED) is 0.599. The third-order valence-electron chi connectivity index (χ3n) is 3.57. The van der Waals surface area contributed by atoms with Crippen molar-refractivity contribution in [3.8, 4) is 0 Å². The van der Waals surface area contributed by atoms with Crippen LogP contribution in [0.5, 0.6) is 0 Å². The molecule has 0 saturated heterocycles. The van der Waals surface area contributed by atoms with Gasteiger partial charge < -0.3 is 14.4 Å². The van der Waals surface area contributed by atoms with Crippen LogP contribution in [0, 0.1) is 0 Å². The van der Waals surface area contributed by atoms with Crippen LogP contribution in [0.4, 0.5) is 0 Å². The van der Waals surface area contributed by atoms with Crippen LogP contribution in [0.25, 0.3) is 0 Å². The lowest BCUT2D eigenvalue weighted by Crippen LogP contribution is -2.12. The summed E-state index contributed by atoms with van der Waals surface area (Å²) in [4.78, 5) is 0. The molecule has 0 atom stereocenters. The number of aliphatic hydroxyl groups is 1. The Morgan fingerprint density at radius 1 is 1.00 bits per heavy atom. The maximum atomic E-state index is 9.26. The van der Waals surface area contributed by atoms with Crippen LogP contribution >= 0.6 is 0 Å². The maximum absolute atomic E-state index is 9.26. The zero-order valence-corrected chi connectivity index (χ0v) is 13.0. The number of aromatic nitrogens is 3. The number of ether oxygens (including phenoxy) is 1. The molecule has 0 amide bonds. The van der Waals surface area contributed by atoms with Crippen LogP contribution in [0.3, 0.4) is 0 Å². The Bertz CT molecular complexity index is 353. The van der Waals surface area contributed by atoms with Gasteiger partial charge in [0, 0.05) is 20.1 Å². The summed E-state index contributed by atoms with van der Waals surface area (Å²) in [6, 6.07) is 0. The van der Waals surface area contributed by atoms with Crippen LogP contribution in [0.1, 0.15) is 63.5 Å². The van der Waals surface area contributed by atoms with Crippen molar-refractivity contribution in [3.63, 3.8) is 0 Å². The van der Waals surface area contributed by atoms with Crippen molar-refractivity contribution in [1.82, 2.24) is 14.8 Å². The molecule has 1 rings (SSSR count). The first kappa shape index (κ1) is 17.1. The Kier molecular flexibility index (Phi) is 9.24. The lowest BCUT2D eigenvalue weighted by molar-refractivity contribution is 0.181. The van der Waals surface area contributed by atoms with E-state index < -0.39 is 0 Å². The molecule has 20 heavy (non-hydrogen) atoms. The number of unbranched alkanes of at least 4 members (excludes halogenated alkanes) is 6. The molecule has 0 radical (unpaired) electrons. The molecule has 1 aromatic heterocycles. The standard InChI is InChI=1S/C15H29N3O2/c1-3-4-5-6-7-8-9-10-14-16-17-15(13-19)18(14)11-12-20-2/h19H,3-13H2,1-2H3. The number of methoxy groups -OCH3 is 1. The van der Waals surface area contributed by atoms with Gasteiger partial charge in [-0.25, -0.2) is 0 Å². The normalized spacial score (nSPS) is 11.2. The number of nitrogens with zero attached hydrogens (tertiary/aromatic N) is 3. The topological polar surface area (TPSA) is 60.2 Å². The van der Waals surface area contributed by atoms with Gasteiger partial charge in [-0.15, -0.1) is 10.2 Å². The first-order valence-electron chi connectivity index (χ1n) is 7.84. The minimum atomic E-state index is -0.0618. The summed E-state index contributed by atoms with van der Waals surface area (Å²) in [5.74, 6) is 1.61. The molecule has 116 valence electrons. The van der Waals surface area contributed by atoms with Gasteiger partial charge in [-0.1, -0.05) is 45.4 Å². The number of hydrogen-bond donors (Lipinski definition) is 1. The fourth-order valence-electron chi connectivity index (χ4n) is 2.36. The molecule has 1 heterocycles. The molecule has 0 fully saturated rings. The summed E-state index contributed by atoms with van der Waals surface area (Å²) in [5, 5.41) is 17.5. The molecule has 0 aliphatic heterocycles. The molecule has 1 aromatic rings. The molecule has 0 spiro atoms. The Labute approximate surface area is 122 Å². The van der Waals surface area contributed by atoms with Crippen molar-refractivity contribution in [1.29, 1.82) is 0 Å². The minimum absolute atomic E-state index is 0.0618. The summed E-state index contributed by atoms with van der Waals surface area (Å²) in [5.41, 5.74) is 0. The van der Waals surface area contributed by atoms with E-state index in [0.717, 1.165) is 18.7 Å². The van der Waals surface area contributed by atoms with E-state index in [0.29, 0.717) is 19.0 Å². The molecule has 0 aromatic carbocycles. The molecule has 0 unspecified atom stereocenters. The highest BCUT2D eigenvalue weighted by molar-refractivity contribution is 4.95. The predicted octanol–water partition coefficient (Wildman–Crippen LogP) is 2.71. The highest BCUT2D eigenvalue weighted by atomic mass is 16.5. The Balaban J connectivity index is 2.30. The lowest BCUT2D eigenvalue weighted by atomic mass is 10.1. The van der Waals surface area contributed by atoms with E-state index in [9.17, 15) is 5.11 Å². The van der Waals surface area contributed by atoms with E-state index in [2.05, 4.69) is 17.1 Å². The molecule has 0 bridgehead atoms. The third-order valence-corrected chi connectivity index (χ3v) is 3.57. The first-order chi connectivity index (χ1) is 9.83. The number of rotatable bonds is 12. The monoisotopic (exact) mass is 283 g/mol. The van der Waals surface area contributed by atoms with E-state index in [1.165, 1.54) is 38.5 Å². The average molecular weight is 283 g/mol. The number of aliphatic hydroxyl groups excluding tert-OH is 1. The summed E-state index contributed by atoms with van der Waals surface area (Å²) >= 11 is 0. The predicted molar refractivity (Wildman–Crippen MR) is 79.5 cm³/mol. The van der Waals surface area contributed by atoms with Crippen molar-refractivity contribution in [2.24, 2.45) is 0 Å². The Morgan fingerprint density at radius 3 is 2.30 bits per heavy atom. The lowest BCUT2D eigenvalue weighted by Gasteiger charge is -2.08. The Hall–Kier alpha value is -0.940. The van der Waals surface area contributed by atoms with Gasteiger partial charge >= 0.3 is 0 Å². The van der Waals surface area contributed by atoms with Gasteiger partial charge in [0.25, 0.3) is 0 Å². The smallest absolute Gasteiger partial charge is 0.158 e. The van der Waals surface area contributed by atoms with Crippen molar-refractivity contribution < 1.29 is 9.84 Å². The number of aryl methyl sites for hydroxylation is 1. The Morgan fingerprint density at radius 2 is 1.65 bits per heavy atom. The first-order valence-corrected chi connectivity index (χ1v) is 7.84. The van der Waals surface area contributed by atoms with Gasteiger partial charge in [0.2, 0.25) is 0 Å². The van der Waals surface area contributed by atoms with E-state index in [-0.39, 0.29) is 6.61 Å². The van der Waals surface area contributed by atoms with Crippen LogP contribution in [0.15, 0.2) is 0 Å². The largest absolute Gasteiger partial charge is 0.388 e. The van der Waals surface area contributed by atoms with Gasteiger partial charge in [0.15, 0.2) is 5.82 Å². The van der Waals surface area contributed by atoms with Crippen LogP contribution in [-0.4, -0.2) is 33.6 Å². The van der Waals surface area contributed by atoms with Gasteiger partial charge in [0.05, 0.1) is 6.61 Å². The fourth-order valence-corrected chi connectivity index (χ4v) is 2.36. The molecular formula is C15H29N3O2. The fraction of sp³-hybridized carbons (Fsp3) is 0.867. The van der Waals surface area contributed by atoms with Gasteiger partial charge in [-0.05, 0) is 6.42 Å². The van der Waals surface area contributed by atoms with Gasteiger partial charge in [0.1, 0.15) is 12.4 Å². The highest BCUT2D eigenvalue weighted by Crippen LogP contribution is 2.11. The van der Waals surface area contributed by atoms with Crippen molar-refractivity contribution in [3.05, 3.63) is 11.6 Å². The number of hydrogen-bond acceptors (Lipinski definition) is 4. The van der Waals surface area contributed by atoms with Crippen molar-refractivity contribution >= 4 is 0 Å². The highest BCUT2D eigenvalue weighted by Gasteiger charge is 2.10. The van der Waals surface area contributed by atoms with E-state index in [1.807, 2.05) is 4.57 Å². The molecule has 0 aliphatic rings. The second kappa shape index (κ2) is 10.8. The second-order valence-corrected chi connectivity index (χ2v) is 5.21. The summed E-state index contributed by atoms with van der Waals surface area (Å²) in [6.07, 6.45) is 9.97. The molecule has 5 nitrogen and oxygen atoms in total. The molecular weight excluding hydrogens is 254 g/mol. The van der Waals surface area contributed by atoms with Crippen molar-refractivity contribution in [2.75, 3.05) is 13.7 Å². The average Bonchev–Trinajstić information content (AvgIpc) is 2.86. The SMILES string of the molecule is CCCCCCCCCc1nnc(CO)n1CCOC. The zero-order chi connectivity index (χ0) is 14.6. The molecule has 1 N–H and O–H groups in total. The second-order valence-electron chi connectivity index (χ2n) is 5.21.